The largest absolute Gasteiger partial charge is 0.0654 e. The Balaban J connectivity index is 3.28. The standard InChI is InChI=1S/C20H42/c1-5-7-9-11-15-19(3)17-13-14-18-20(4)16-12-10-8-6-2/h19-20H,5-18H2,1-4H3. The van der Waals surface area contributed by atoms with Crippen LogP contribution in [0.1, 0.15) is 118 Å². The molecule has 0 bridgehead atoms. The second-order valence-corrected chi connectivity index (χ2v) is 7.19. The Labute approximate surface area is 130 Å². The van der Waals surface area contributed by atoms with E-state index >= 15 is 0 Å². The highest BCUT2D eigenvalue weighted by Crippen LogP contribution is 2.20. The fourth-order valence-corrected chi connectivity index (χ4v) is 3.11. The predicted octanol–water partition coefficient (Wildman–Crippen LogP) is 7.76. The van der Waals surface area contributed by atoms with E-state index in [-0.39, 0.29) is 0 Å². The first-order valence-corrected chi connectivity index (χ1v) is 9.70. The Bertz CT molecular complexity index is 153. The van der Waals surface area contributed by atoms with Gasteiger partial charge >= 0.3 is 0 Å². The molecule has 2 atom stereocenters. The molecule has 0 heteroatoms. The fourth-order valence-electron chi connectivity index (χ4n) is 3.11. The van der Waals surface area contributed by atoms with Crippen LogP contribution in [0.3, 0.4) is 0 Å². The summed E-state index contributed by atoms with van der Waals surface area (Å²) in [5.41, 5.74) is 0. The molecule has 0 heterocycles. The second-order valence-electron chi connectivity index (χ2n) is 7.19. The number of rotatable bonds is 15. The van der Waals surface area contributed by atoms with Gasteiger partial charge in [-0.25, -0.2) is 0 Å². The van der Waals surface area contributed by atoms with Crippen molar-refractivity contribution in [3.63, 3.8) is 0 Å². The van der Waals surface area contributed by atoms with Gasteiger partial charge in [-0.15, -0.1) is 0 Å². The SMILES string of the molecule is CCCCCCC(C)CCCCC(C)CCCCCC. The Kier molecular flexibility index (Phi) is 15.4. The maximum atomic E-state index is 2.46. The van der Waals surface area contributed by atoms with Crippen LogP contribution in [0.15, 0.2) is 0 Å². The van der Waals surface area contributed by atoms with E-state index in [1.165, 1.54) is 89.9 Å². The number of hydrogen-bond donors (Lipinski definition) is 0. The molecule has 20 heavy (non-hydrogen) atoms. The van der Waals surface area contributed by atoms with Gasteiger partial charge in [-0.05, 0) is 11.8 Å². The first kappa shape index (κ1) is 20.0. The topological polar surface area (TPSA) is 0 Å². The quantitative estimate of drug-likeness (QED) is 0.269. The Hall–Kier alpha value is 0. The smallest absolute Gasteiger partial charge is 0.0443 e. The van der Waals surface area contributed by atoms with Crippen molar-refractivity contribution in [3.05, 3.63) is 0 Å². The summed E-state index contributed by atoms with van der Waals surface area (Å²) in [4.78, 5) is 0. The summed E-state index contributed by atoms with van der Waals surface area (Å²) < 4.78 is 0. The van der Waals surface area contributed by atoms with Gasteiger partial charge in [-0.3, -0.25) is 0 Å². The molecule has 0 spiro atoms. The van der Waals surface area contributed by atoms with Gasteiger partial charge in [0.25, 0.3) is 0 Å². The highest BCUT2D eigenvalue weighted by molar-refractivity contribution is 4.58. The lowest BCUT2D eigenvalue weighted by Gasteiger charge is -2.13. The summed E-state index contributed by atoms with van der Waals surface area (Å²) in [7, 11) is 0. The average molecular weight is 283 g/mol. The molecule has 0 saturated carbocycles. The van der Waals surface area contributed by atoms with Crippen molar-refractivity contribution in [2.24, 2.45) is 11.8 Å². The molecule has 0 aliphatic rings. The molecular weight excluding hydrogens is 240 g/mol. The minimum atomic E-state index is 0.965. The van der Waals surface area contributed by atoms with E-state index in [9.17, 15) is 0 Å². The molecule has 0 amide bonds. The van der Waals surface area contributed by atoms with Crippen LogP contribution in [0.5, 0.6) is 0 Å². The van der Waals surface area contributed by atoms with Crippen molar-refractivity contribution >= 4 is 0 Å². The normalized spacial score (nSPS) is 14.4. The fraction of sp³-hybridized carbons (Fsp3) is 1.00. The van der Waals surface area contributed by atoms with Crippen LogP contribution >= 0.6 is 0 Å². The lowest BCUT2D eigenvalue weighted by Crippen LogP contribution is -1.98. The van der Waals surface area contributed by atoms with Crippen LogP contribution in [0, 0.1) is 11.8 Å². The summed E-state index contributed by atoms with van der Waals surface area (Å²) in [5, 5.41) is 0. The van der Waals surface area contributed by atoms with Crippen LogP contribution in [-0.2, 0) is 0 Å². The zero-order chi connectivity index (χ0) is 15.1. The Morgan fingerprint density at radius 2 is 0.750 bits per heavy atom. The second kappa shape index (κ2) is 15.4. The first-order chi connectivity index (χ1) is 9.70. The van der Waals surface area contributed by atoms with Crippen molar-refractivity contribution in [2.75, 3.05) is 0 Å². The average Bonchev–Trinajstić information content (AvgIpc) is 2.44. The van der Waals surface area contributed by atoms with Crippen LogP contribution in [0.4, 0.5) is 0 Å². The van der Waals surface area contributed by atoms with Gasteiger partial charge in [0.15, 0.2) is 0 Å². The maximum absolute atomic E-state index is 2.46. The molecule has 0 aromatic rings. The minimum absolute atomic E-state index is 0.965. The highest BCUT2D eigenvalue weighted by atomic mass is 14.1. The van der Waals surface area contributed by atoms with Gasteiger partial charge < -0.3 is 0 Å². The number of unbranched alkanes of at least 4 members (excludes halogenated alkanes) is 7. The summed E-state index contributed by atoms with van der Waals surface area (Å²) in [5.74, 6) is 1.93. The molecule has 122 valence electrons. The summed E-state index contributed by atoms with van der Waals surface area (Å²) in [6.07, 6.45) is 20.2. The third kappa shape index (κ3) is 14.4. The van der Waals surface area contributed by atoms with Gasteiger partial charge in [0.2, 0.25) is 0 Å². The monoisotopic (exact) mass is 282 g/mol. The lowest BCUT2D eigenvalue weighted by atomic mass is 9.93. The van der Waals surface area contributed by atoms with Crippen molar-refractivity contribution in [1.82, 2.24) is 0 Å². The van der Waals surface area contributed by atoms with E-state index in [2.05, 4.69) is 27.7 Å². The zero-order valence-electron chi connectivity index (χ0n) is 15.1. The number of hydrogen-bond acceptors (Lipinski definition) is 0. The van der Waals surface area contributed by atoms with Gasteiger partial charge in [-0.2, -0.15) is 0 Å². The van der Waals surface area contributed by atoms with Crippen molar-refractivity contribution in [1.29, 1.82) is 0 Å². The first-order valence-electron chi connectivity index (χ1n) is 9.70. The van der Waals surface area contributed by atoms with Crippen LogP contribution in [0.25, 0.3) is 0 Å². The van der Waals surface area contributed by atoms with Gasteiger partial charge in [-0.1, -0.05) is 118 Å². The molecule has 0 aromatic heterocycles. The molecule has 0 fully saturated rings. The highest BCUT2D eigenvalue weighted by Gasteiger charge is 2.04. The van der Waals surface area contributed by atoms with Gasteiger partial charge in [0, 0.05) is 0 Å². The lowest BCUT2D eigenvalue weighted by molar-refractivity contribution is 0.402. The molecular formula is C20H42. The van der Waals surface area contributed by atoms with E-state index < -0.39 is 0 Å². The Morgan fingerprint density at radius 1 is 0.450 bits per heavy atom. The third-order valence-corrected chi connectivity index (χ3v) is 4.74. The zero-order valence-corrected chi connectivity index (χ0v) is 15.1. The van der Waals surface area contributed by atoms with E-state index in [4.69, 9.17) is 0 Å². The molecule has 0 saturated heterocycles. The van der Waals surface area contributed by atoms with Crippen molar-refractivity contribution in [3.8, 4) is 0 Å². The minimum Gasteiger partial charge on any atom is -0.0654 e. The van der Waals surface area contributed by atoms with E-state index in [0.717, 1.165) is 11.8 Å². The Morgan fingerprint density at radius 3 is 1.05 bits per heavy atom. The van der Waals surface area contributed by atoms with Crippen LogP contribution in [-0.4, -0.2) is 0 Å². The van der Waals surface area contributed by atoms with E-state index in [0.29, 0.717) is 0 Å². The molecule has 2 unspecified atom stereocenters. The predicted molar refractivity (Wildman–Crippen MR) is 94.3 cm³/mol. The molecule has 0 radical (unpaired) electrons. The van der Waals surface area contributed by atoms with Crippen molar-refractivity contribution in [2.45, 2.75) is 118 Å². The molecule has 0 rings (SSSR count). The summed E-state index contributed by atoms with van der Waals surface area (Å²) in [6.45, 7) is 9.51. The van der Waals surface area contributed by atoms with Crippen molar-refractivity contribution < 1.29 is 0 Å². The van der Waals surface area contributed by atoms with Gasteiger partial charge in [0.1, 0.15) is 0 Å². The summed E-state index contributed by atoms with van der Waals surface area (Å²) >= 11 is 0. The molecule has 0 aliphatic heterocycles. The third-order valence-electron chi connectivity index (χ3n) is 4.74. The van der Waals surface area contributed by atoms with Gasteiger partial charge in [0.05, 0.1) is 0 Å². The van der Waals surface area contributed by atoms with Crippen LogP contribution in [0.2, 0.25) is 0 Å². The maximum Gasteiger partial charge on any atom is -0.0443 e. The molecule has 0 aromatic carbocycles. The molecule has 0 N–H and O–H groups in total. The van der Waals surface area contributed by atoms with E-state index in [1.807, 2.05) is 0 Å². The molecule has 0 nitrogen and oxygen atoms in total. The molecule has 0 aliphatic carbocycles. The summed E-state index contributed by atoms with van der Waals surface area (Å²) in [6, 6.07) is 0. The van der Waals surface area contributed by atoms with Crippen LogP contribution < -0.4 is 0 Å². The van der Waals surface area contributed by atoms with E-state index in [1.54, 1.807) is 0 Å².